The molecule has 0 heterocycles. The molecule has 0 radical (unpaired) electrons. The van der Waals surface area contributed by atoms with E-state index in [-0.39, 0.29) is 0 Å². The van der Waals surface area contributed by atoms with Crippen molar-refractivity contribution in [2.24, 2.45) is 17.7 Å². The molecule has 2 atom stereocenters. The Bertz CT molecular complexity index is 473. The number of carboxylic acid groups (broad SMARTS) is 2. The van der Waals surface area contributed by atoms with Gasteiger partial charge in [0, 0.05) is 5.69 Å². The molecule has 1 aliphatic rings. The van der Waals surface area contributed by atoms with Crippen LogP contribution in [0.25, 0.3) is 0 Å². The van der Waals surface area contributed by atoms with Gasteiger partial charge < -0.3 is 15.6 Å². The zero-order valence-corrected chi connectivity index (χ0v) is 10.9. The van der Waals surface area contributed by atoms with Crippen LogP contribution >= 0.6 is 0 Å². The number of benzene rings is 1. The Balaban J connectivity index is 0.000000217. The van der Waals surface area contributed by atoms with Gasteiger partial charge in [-0.1, -0.05) is 30.4 Å². The van der Waals surface area contributed by atoms with E-state index in [4.69, 9.17) is 16.1 Å². The van der Waals surface area contributed by atoms with Crippen LogP contribution in [0.2, 0.25) is 0 Å². The molecule has 0 saturated carbocycles. The molecule has 0 aromatic heterocycles. The molecule has 0 aliphatic heterocycles. The van der Waals surface area contributed by atoms with E-state index in [2.05, 4.69) is 5.43 Å². The van der Waals surface area contributed by atoms with Crippen molar-refractivity contribution in [2.45, 2.75) is 12.8 Å². The summed E-state index contributed by atoms with van der Waals surface area (Å²) >= 11 is 0. The third kappa shape index (κ3) is 4.74. The molecule has 2 rings (SSSR count). The van der Waals surface area contributed by atoms with Gasteiger partial charge in [0.2, 0.25) is 0 Å². The van der Waals surface area contributed by atoms with Crippen LogP contribution in [0.15, 0.2) is 42.5 Å². The predicted octanol–water partition coefficient (Wildman–Crippen LogP) is 1.71. The average Bonchev–Trinajstić information content (AvgIpc) is 2.48. The van der Waals surface area contributed by atoms with Crippen molar-refractivity contribution in [3.8, 4) is 0 Å². The van der Waals surface area contributed by atoms with E-state index in [1.54, 1.807) is 6.08 Å². The molecule has 0 bridgehead atoms. The Labute approximate surface area is 116 Å². The number of hydrogen-bond acceptors (Lipinski definition) is 4. The molecular weight excluding hydrogens is 260 g/mol. The van der Waals surface area contributed by atoms with Gasteiger partial charge in [-0.3, -0.25) is 15.4 Å². The lowest BCUT2D eigenvalue weighted by atomic mass is 9.84. The van der Waals surface area contributed by atoms with Crippen LogP contribution in [0, 0.1) is 11.8 Å². The number of allylic oxidation sites excluding steroid dienone is 1. The summed E-state index contributed by atoms with van der Waals surface area (Å²) < 4.78 is 0. The van der Waals surface area contributed by atoms with E-state index in [1.165, 1.54) is 6.08 Å². The number of nitrogens with two attached hydrogens (primary N) is 1. The molecule has 1 aromatic rings. The summed E-state index contributed by atoms with van der Waals surface area (Å²) in [7, 11) is 0. The van der Waals surface area contributed by atoms with Crippen molar-refractivity contribution in [1.82, 2.24) is 0 Å². The van der Waals surface area contributed by atoms with Crippen molar-refractivity contribution in [3.63, 3.8) is 0 Å². The quantitative estimate of drug-likeness (QED) is 0.380. The molecule has 20 heavy (non-hydrogen) atoms. The second-order valence-electron chi connectivity index (χ2n) is 4.32. The first-order valence-corrected chi connectivity index (χ1v) is 6.20. The maximum Gasteiger partial charge on any atom is 0.311 e. The highest BCUT2D eigenvalue weighted by molar-refractivity contribution is 5.81. The fraction of sp³-hybridized carbons (Fsp3) is 0.286. The molecule has 0 saturated heterocycles. The number of aliphatic carboxylic acids is 2. The smallest absolute Gasteiger partial charge is 0.311 e. The Hall–Kier alpha value is -2.34. The number of hydrogen-bond donors (Lipinski definition) is 4. The van der Waals surface area contributed by atoms with E-state index in [9.17, 15) is 9.59 Å². The van der Waals surface area contributed by atoms with Gasteiger partial charge in [0.1, 0.15) is 0 Å². The Morgan fingerprint density at radius 1 is 1.15 bits per heavy atom. The van der Waals surface area contributed by atoms with Crippen LogP contribution in [0.4, 0.5) is 5.69 Å². The topological polar surface area (TPSA) is 113 Å². The maximum absolute atomic E-state index is 10.6. The summed E-state index contributed by atoms with van der Waals surface area (Å²) in [6.07, 6.45) is 4.26. The van der Waals surface area contributed by atoms with Gasteiger partial charge in [-0.05, 0) is 25.0 Å². The van der Waals surface area contributed by atoms with Crippen molar-refractivity contribution in [2.75, 3.05) is 5.43 Å². The van der Waals surface area contributed by atoms with Gasteiger partial charge >= 0.3 is 11.9 Å². The van der Waals surface area contributed by atoms with Crippen LogP contribution in [0.1, 0.15) is 12.8 Å². The third-order valence-corrected chi connectivity index (χ3v) is 2.96. The molecule has 1 aromatic carbocycles. The second kappa shape index (κ2) is 7.96. The summed E-state index contributed by atoms with van der Waals surface area (Å²) in [6.45, 7) is 0. The minimum Gasteiger partial charge on any atom is -0.481 e. The average molecular weight is 278 g/mol. The highest BCUT2D eigenvalue weighted by Crippen LogP contribution is 2.24. The first-order chi connectivity index (χ1) is 9.56. The lowest BCUT2D eigenvalue weighted by Crippen LogP contribution is -2.30. The molecule has 0 fully saturated rings. The summed E-state index contributed by atoms with van der Waals surface area (Å²) in [5.41, 5.74) is 3.46. The molecule has 6 heteroatoms. The van der Waals surface area contributed by atoms with Gasteiger partial charge in [-0.15, -0.1) is 0 Å². The van der Waals surface area contributed by atoms with Crippen molar-refractivity contribution in [1.29, 1.82) is 0 Å². The summed E-state index contributed by atoms with van der Waals surface area (Å²) in [5.74, 6) is 1.41. The van der Waals surface area contributed by atoms with Gasteiger partial charge in [0.15, 0.2) is 0 Å². The molecule has 1 aliphatic carbocycles. The van der Waals surface area contributed by atoms with Crippen LogP contribution in [0.5, 0.6) is 0 Å². The first kappa shape index (κ1) is 15.7. The van der Waals surface area contributed by atoms with Gasteiger partial charge in [-0.25, -0.2) is 0 Å². The monoisotopic (exact) mass is 278 g/mol. The van der Waals surface area contributed by atoms with E-state index in [0.29, 0.717) is 12.8 Å². The zero-order valence-electron chi connectivity index (χ0n) is 10.9. The number of nitrogen functional groups attached to an aromatic ring is 1. The zero-order chi connectivity index (χ0) is 15.0. The van der Waals surface area contributed by atoms with Crippen LogP contribution in [0.3, 0.4) is 0 Å². The van der Waals surface area contributed by atoms with E-state index >= 15 is 0 Å². The molecular formula is C14H18N2O4. The summed E-state index contributed by atoms with van der Waals surface area (Å²) in [4.78, 5) is 21.1. The number of hydrazine groups is 1. The third-order valence-electron chi connectivity index (χ3n) is 2.96. The van der Waals surface area contributed by atoms with Gasteiger partial charge in [0.05, 0.1) is 11.8 Å². The molecule has 6 nitrogen and oxygen atoms in total. The van der Waals surface area contributed by atoms with Crippen molar-refractivity contribution in [3.05, 3.63) is 42.5 Å². The van der Waals surface area contributed by atoms with E-state index in [0.717, 1.165) is 5.69 Å². The molecule has 5 N–H and O–H groups in total. The van der Waals surface area contributed by atoms with Crippen molar-refractivity contribution >= 4 is 17.6 Å². The minimum absolute atomic E-state index is 0.419. The number of para-hydroxylation sites is 1. The largest absolute Gasteiger partial charge is 0.481 e. The van der Waals surface area contributed by atoms with Crippen LogP contribution < -0.4 is 11.3 Å². The first-order valence-electron chi connectivity index (χ1n) is 6.20. The molecule has 0 spiro atoms. The normalized spacial score (nSPS) is 20.4. The Morgan fingerprint density at radius 3 is 2.20 bits per heavy atom. The Morgan fingerprint density at radius 2 is 1.80 bits per heavy atom. The lowest BCUT2D eigenvalue weighted by molar-refractivity contribution is -0.152. The summed E-state index contributed by atoms with van der Waals surface area (Å²) in [6, 6.07) is 9.60. The number of carboxylic acids is 2. The predicted molar refractivity (Wildman–Crippen MR) is 74.9 cm³/mol. The number of anilines is 1. The van der Waals surface area contributed by atoms with Gasteiger partial charge in [-0.2, -0.15) is 0 Å². The second-order valence-corrected chi connectivity index (χ2v) is 4.32. The van der Waals surface area contributed by atoms with E-state index < -0.39 is 23.8 Å². The number of rotatable bonds is 3. The van der Waals surface area contributed by atoms with E-state index in [1.807, 2.05) is 30.3 Å². The molecule has 108 valence electrons. The Kier molecular flexibility index (Phi) is 6.25. The fourth-order valence-corrected chi connectivity index (χ4v) is 1.90. The lowest BCUT2D eigenvalue weighted by Gasteiger charge is -2.19. The van der Waals surface area contributed by atoms with Crippen molar-refractivity contribution < 1.29 is 19.8 Å². The maximum atomic E-state index is 10.6. The molecule has 2 unspecified atom stereocenters. The SMILES string of the molecule is NNc1ccccc1.O=C(O)C1C=CCCC1C(=O)O. The standard InChI is InChI=1S/C8H10O4.C6H8N2/c9-7(10)5-3-1-2-4-6(5)8(11)12;7-8-6-4-2-1-3-5-6/h1,3,5-6H,2,4H2,(H,9,10)(H,11,12);1-5,8H,7H2. The fourth-order valence-electron chi connectivity index (χ4n) is 1.90. The van der Waals surface area contributed by atoms with Crippen LogP contribution in [-0.2, 0) is 9.59 Å². The summed E-state index contributed by atoms with van der Waals surface area (Å²) in [5, 5.41) is 17.3. The number of carbonyl (C=O) groups is 2. The number of nitrogens with one attached hydrogen (secondary N) is 1. The van der Waals surface area contributed by atoms with Crippen LogP contribution in [-0.4, -0.2) is 22.2 Å². The minimum atomic E-state index is -1.06. The highest BCUT2D eigenvalue weighted by Gasteiger charge is 2.32. The molecule has 0 amide bonds. The highest BCUT2D eigenvalue weighted by atomic mass is 16.4. The van der Waals surface area contributed by atoms with Gasteiger partial charge in [0.25, 0.3) is 0 Å².